The van der Waals surface area contributed by atoms with Gasteiger partial charge in [-0.25, -0.2) is 0 Å². The molecule has 2 aliphatic rings. The molecule has 3 nitrogen and oxygen atoms in total. The van der Waals surface area contributed by atoms with E-state index in [0.717, 1.165) is 19.6 Å². The molecular formula is C11H22N2O. The number of ether oxygens (including phenoxy) is 1. The Labute approximate surface area is 86.6 Å². The quantitative estimate of drug-likeness (QED) is 0.682. The topological polar surface area (TPSA) is 38.5 Å². The van der Waals surface area contributed by atoms with Crippen LogP contribution >= 0.6 is 0 Å². The maximum Gasteiger partial charge on any atom is 0.0674 e. The zero-order valence-electron chi connectivity index (χ0n) is 9.11. The average Bonchev–Trinajstić information content (AvgIpc) is 2.45. The summed E-state index contributed by atoms with van der Waals surface area (Å²) in [5.74, 6) is 0. The monoisotopic (exact) mass is 198 g/mol. The van der Waals surface area contributed by atoms with E-state index in [1.165, 1.54) is 25.8 Å². The van der Waals surface area contributed by atoms with E-state index in [0.29, 0.717) is 18.2 Å². The van der Waals surface area contributed by atoms with E-state index in [4.69, 9.17) is 10.5 Å². The molecule has 0 aromatic rings. The van der Waals surface area contributed by atoms with E-state index < -0.39 is 0 Å². The molecule has 0 spiro atoms. The normalized spacial score (nSPS) is 41.1. The van der Waals surface area contributed by atoms with Gasteiger partial charge in [0.1, 0.15) is 0 Å². The van der Waals surface area contributed by atoms with Crippen LogP contribution in [0.3, 0.4) is 0 Å². The van der Waals surface area contributed by atoms with Crippen LogP contribution in [-0.2, 0) is 4.74 Å². The molecule has 82 valence electrons. The largest absolute Gasteiger partial charge is 0.377 e. The van der Waals surface area contributed by atoms with Gasteiger partial charge in [0.2, 0.25) is 0 Å². The summed E-state index contributed by atoms with van der Waals surface area (Å²) in [5.41, 5.74) is 6.12. The van der Waals surface area contributed by atoms with Gasteiger partial charge in [0.15, 0.2) is 0 Å². The zero-order valence-corrected chi connectivity index (χ0v) is 9.11. The van der Waals surface area contributed by atoms with Gasteiger partial charge in [-0.2, -0.15) is 0 Å². The highest BCUT2D eigenvalue weighted by Crippen LogP contribution is 2.24. The molecule has 0 amide bonds. The molecule has 3 atom stereocenters. The predicted octanol–water partition coefficient (Wildman–Crippen LogP) is 0.977. The van der Waals surface area contributed by atoms with Crippen LogP contribution < -0.4 is 5.73 Å². The highest BCUT2D eigenvalue weighted by Gasteiger charge is 2.30. The highest BCUT2D eigenvalue weighted by molar-refractivity contribution is 4.89. The molecule has 0 bridgehead atoms. The van der Waals surface area contributed by atoms with Crippen molar-refractivity contribution in [3.63, 3.8) is 0 Å². The van der Waals surface area contributed by atoms with Gasteiger partial charge in [-0.3, -0.25) is 4.90 Å². The van der Waals surface area contributed by atoms with Crippen LogP contribution in [0.1, 0.15) is 32.6 Å². The second-order valence-electron chi connectivity index (χ2n) is 4.69. The minimum Gasteiger partial charge on any atom is -0.377 e. The summed E-state index contributed by atoms with van der Waals surface area (Å²) in [6.07, 6.45) is 5.33. The van der Waals surface area contributed by atoms with Crippen LogP contribution in [0.4, 0.5) is 0 Å². The lowest BCUT2D eigenvalue weighted by Gasteiger charge is -2.31. The minimum atomic E-state index is 0.380. The second-order valence-corrected chi connectivity index (χ2v) is 4.69. The van der Waals surface area contributed by atoms with Gasteiger partial charge in [0.25, 0.3) is 0 Å². The first-order valence-electron chi connectivity index (χ1n) is 5.88. The summed E-state index contributed by atoms with van der Waals surface area (Å²) >= 11 is 0. The Kier molecular flexibility index (Phi) is 3.42. The lowest BCUT2D eigenvalue weighted by molar-refractivity contribution is 0.0597. The van der Waals surface area contributed by atoms with E-state index in [-0.39, 0.29) is 0 Å². The molecule has 1 aliphatic heterocycles. The lowest BCUT2D eigenvalue weighted by atomic mass is 10.1. The molecule has 2 N–H and O–H groups in total. The molecule has 0 radical (unpaired) electrons. The molecule has 1 heterocycles. The Bertz CT molecular complexity index is 186. The average molecular weight is 198 g/mol. The zero-order chi connectivity index (χ0) is 9.97. The summed E-state index contributed by atoms with van der Waals surface area (Å²) in [6.45, 7) is 5.32. The van der Waals surface area contributed by atoms with Crippen molar-refractivity contribution in [2.24, 2.45) is 5.73 Å². The van der Waals surface area contributed by atoms with Crippen molar-refractivity contribution in [3.8, 4) is 0 Å². The fourth-order valence-electron chi connectivity index (χ4n) is 2.75. The lowest BCUT2D eigenvalue weighted by Crippen LogP contribution is -2.46. The maximum absolute atomic E-state index is 6.12. The molecule has 1 saturated heterocycles. The Morgan fingerprint density at radius 1 is 1.29 bits per heavy atom. The first-order valence-corrected chi connectivity index (χ1v) is 5.88. The third-order valence-corrected chi connectivity index (χ3v) is 3.48. The molecule has 0 aromatic heterocycles. The first-order chi connectivity index (χ1) is 6.77. The summed E-state index contributed by atoms with van der Waals surface area (Å²) in [4.78, 5) is 2.55. The summed E-state index contributed by atoms with van der Waals surface area (Å²) in [5, 5.41) is 0. The third-order valence-electron chi connectivity index (χ3n) is 3.48. The van der Waals surface area contributed by atoms with Crippen LogP contribution in [0.15, 0.2) is 0 Å². The molecule has 14 heavy (non-hydrogen) atoms. The number of hydrogen-bond donors (Lipinski definition) is 1. The van der Waals surface area contributed by atoms with Crippen LogP contribution in [0, 0.1) is 0 Å². The van der Waals surface area contributed by atoms with E-state index >= 15 is 0 Å². The van der Waals surface area contributed by atoms with Crippen LogP contribution in [-0.4, -0.2) is 42.8 Å². The summed E-state index contributed by atoms with van der Waals surface area (Å²) < 4.78 is 5.65. The molecule has 2 rings (SSSR count). The van der Waals surface area contributed by atoms with E-state index in [1.807, 2.05) is 0 Å². The van der Waals surface area contributed by atoms with Crippen LogP contribution in [0.2, 0.25) is 0 Å². The number of rotatable bonds is 1. The Hall–Kier alpha value is -0.120. The minimum absolute atomic E-state index is 0.380. The van der Waals surface area contributed by atoms with Crippen molar-refractivity contribution in [1.82, 2.24) is 4.90 Å². The summed E-state index contributed by atoms with van der Waals surface area (Å²) in [7, 11) is 0. The highest BCUT2D eigenvalue weighted by atomic mass is 16.5. The fraction of sp³-hybridized carbons (Fsp3) is 1.00. The molecule has 2 fully saturated rings. The molecular weight excluding hydrogens is 176 g/mol. The molecule has 3 heteroatoms. The van der Waals surface area contributed by atoms with Crippen LogP contribution in [0.5, 0.6) is 0 Å². The smallest absolute Gasteiger partial charge is 0.0674 e. The van der Waals surface area contributed by atoms with Crippen molar-refractivity contribution in [2.45, 2.75) is 50.8 Å². The second kappa shape index (κ2) is 4.60. The molecule has 3 unspecified atom stereocenters. The third kappa shape index (κ3) is 2.27. The van der Waals surface area contributed by atoms with Gasteiger partial charge in [-0.1, -0.05) is 6.42 Å². The van der Waals surface area contributed by atoms with E-state index in [1.54, 1.807) is 0 Å². The molecule has 1 saturated carbocycles. The maximum atomic E-state index is 6.12. The van der Waals surface area contributed by atoms with E-state index in [2.05, 4.69) is 11.8 Å². The Morgan fingerprint density at radius 2 is 2.14 bits per heavy atom. The standard InChI is InChI=1S/C11H22N2O/c1-9-8-13(6-3-7-14-9)11-5-2-4-10(11)12/h9-11H,2-8,12H2,1H3. The van der Waals surface area contributed by atoms with Crippen molar-refractivity contribution in [2.75, 3.05) is 19.7 Å². The van der Waals surface area contributed by atoms with Gasteiger partial charge in [0, 0.05) is 31.8 Å². The van der Waals surface area contributed by atoms with Gasteiger partial charge < -0.3 is 10.5 Å². The van der Waals surface area contributed by atoms with E-state index in [9.17, 15) is 0 Å². The number of nitrogens with zero attached hydrogens (tertiary/aromatic N) is 1. The number of nitrogens with two attached hydrogens (primary N) is 1. The molecule has 0 aromatic carbocycles. The van der Waals surface area contributed by atoms with Crippen molar-refractivity contribution >= 4 is 0 Å². The van der Waals surface area contributed by atoms with Gasteiger partial charge in [-0.05, 0) is 26.2 Å². The predicted molar refractivity (Wildman–Crippen MR) is 57.2 cm³/mol. The van der Waals surface area contributed by atoms with Crippen molar-refractivity contribution in [3.05, 3.63) is 0 Å². The van der Waals surface area contributed by atoms with Gasteiger partial charge in [0.05, 0.1) is 6.10 Å². The van der Waals surface area contributed by atoms with Gasteiger partial charge in [-0.15, -0.1) is 0 Å². The Balaban J connectivity index is 1.94. The van der Waals surface area contributed by atoms with Crippen molar-refractivity contribution < 1.29 is 4.74 Å². The Morgan fingerprint density at radius 3 is 2.86 bits per heavy atom. The number of hydrogen-bond acceptors (Lipinski definition) is 3. The summed E-state index contributed by atoms with van der Waals surface area (Å²) in [6, 6.07) is 1.03. The molecule has 1 aliphatic carbocycles. The van der Waals surface area contributed by atoms with Crippen LogP contribution in [0.25, 0.3) is 0 Å². The fourth-order valence-corrected chi connectivity index (χ4v) is 2.75. The van der Waals surface area contributed by atoms with Gasteiger partial charge >= 0.3 is 0 Å². The van der Waals surface area contributed by atoms with Crippen molar-refractivity contribution in [1.29, 1.82) is 0 Å². The first kappa shape index (κ1) is 10.4. The SMILES string of the molecule is CC1CN(C2CCCC2N)CCCO1.